The van der Waals surface area contributed by atoms with Gasteiger partial charge in [-0.2, -0.15) is 11.3 Å². The van der Waals surface area contributed by atoms with Crippen molar-refractivity contribution in [2.24, 2.45) is 5.84 Å². The van der Waals surface area contributed by atoms with Gasteiger partial charge in [-0.1, -0.05) is 12.1 Å². The summed E-state index contributed by atoms with van der Waals surface area (Å²) in [7, 11) is 0. The number of thiophene rings is 1. The number of thioether (sulfide) groups is 1. The molecule has 0 amide bonds. The maximum atomic E-state index is 5.60. The van der Waals surface area contributed by atoms with E-state index >= 15 is 0 Å². The average Bonchev–Trinajstić information content (AvgIpc) is 2.86. The number of nitrogens with one attached hydrogen (secondary N) is 1. The van der Waals surface area contributed by atoms with Crippen molar-refractivity contribution in [1.29, 1.82) is 0 Å². The summed E-state index contributed by atoms with van der Waals surface area (Å²) in [5, 5.41) is 4.20. The Hall–Kier alpha value is -0.330. The van der Waals surface area contributed by atoms with E-state index in [0.717, 1.165) is 10.2 Å². The quantitative estimate of drug-likeness (QED) is 0.498. The third-order valence-electron chi connectivity index (χ3n) is 2.39. The number of rotatable bonds is 5. The Balaban J connectivity index is 2.00. The monoisotopic (exact) mass is 328 g/mol. The number of hydrazine groups is 1. The van der Waals surface area contributed by atoms with Crippen molar-refractivity contribution >= 4 is 39.0 Å². The van der Waals surface area contributed by atoms with Gasteiger partial charge in [-0.05, 0) is 50.5 Å². The fraction of sp³-hybridized carbons (Fsp3) is 0.167. The molecular weight excluding hydrogens is 316 g/mol. The van der Waals surface area contributed by atoms with E-state index in [9.17, 15) is 0 Å². The molecule has 2 aromatic rings. The van der Waals surface area contributed by atoms with Gasteiger partial charge in [0.2, 0.25) is 0 Å². The Labute approximate surface area is 118 Å². The highest BCUT2D eigenvalue weighted by Gasteiger charge is 2.11. The zero-order valence-electron chi connectivity index (χ0n) is 9.10. The second kappa shape index (κ2) is 6.56. The molecule has 1 heterocycles. The number of hydrogen-bond acceptors (Lipinski definition) is 4. The number of halogens is 1. The normalized spacial score (nSPS) is 12.6. The molecule has 1 aromatic carbocycles. The molecule has 1 atom stereocenters. The summed E-state index contributed by atoms with van der Waals surface area (Å²) >= 11 is 7.03. The Bertz CT molecular complexity index is 459. The second-order valence-electron chi connectivity index (χ2n) is 3.52. The van der Waals surface area contributed by atoms with Crippen molar-refractivity contribution in [2.75, 3.05) is 5.75 Å². The molecule has 1 aromatic heterocycles. The molecule has 1 unspecified atom stereocenters. The van der Waals surface area contributed by atoms with Crippen LogP contribution in [-0.2, 0) is 0 Å². The fourth-order valence-electron chi connectivity index (χ4n) is 1.45. The summed E-state index contributed by atoms with van der Waals surface area (Å²) in [5.41, 5.74) is 4.11. The first-order valence-corrected chi connectivity index (χ1v) is 7.89. The van der Waals surface area contributed by atoms with E-state index in [2.05, 4.69) is 50.3 Å². The number of nitrogens with two attached hydrogens (primary N) is 1. The average molecular weight is 329 g/mol. The lowest BCUT2D eigenvalue weighted by Gasteiger charge is -2.14. The summed E-state index contributed by atoms with van der Waals surface area (Å²) in [5.74, 6) is 6.51. The first-order chi connectivity index (χ1) is 8.31. The van der Waals surface area contributed by atoms with Gasteiger partial charge >= 0.3 is 0 Å². The smallest absolute Gasteiger partial charge is 0.0562 e. The molecule has 17 heavy (non-hydrogen) atoms. The number of hydrogen-bond donors (Lipinski definition) is 2. The van der Waals surface area contributed by atoms with Crippen molar-refractivity contribution in [3.8, 4) is 0 Å². The molecule has 0 saturated heterocycles. The highest BCUT2D eigenvalue weighted by molar-refractivity contribution is 9.10. The van der Waals surface area contributed by atoms with Crippen molar-refractivity contribution < 1.29 is 0 Å². The van der Waals surface area contributed by atoms with Crippen LogP contribution in [0.15, 0.2) is 50.5 Å². The van der Waals surface area contributed by atoms with Gasteiger partial charge in [0.05, 0.1) is 6.04 Å². The van der Waals surface area contributed by atoms with E-state index in [1.54, 1.807) is 23.1 Å². The van der Waals surface area contributed by atoms with Crippen LogP contribution in [0, 0.1) is 0 Å². The molecule has 0 aliphatic heterocycles. The van der Waals surface area contributed by atoms with Crippen LogP contribution < -0.4 is 11.3 Å². The zero-order valence-corrected chi connectivity index (χ0v) is 12.3. The summed E-state index contributed by atoms with van der Waals surface area (Å²) in [6, 6.07) is 10.5. The third-order valence-corrected chi connectivity index (χ3v) is 5.21. The predicted molar refractivity (Wildman–Crippen MR) is 79.2 cm³/mol. The second-order valence-corrected chi connectivity index (χ2v) is 6.21. The summed E-state index contributed by atoms with van der Waals surface area (Å²) in [6.45, 7) is 0. The maximum absolute atomic E-state index is 5.60. The molecule has 0 aliphatic carbocycles. The third kappa shape index (κ3) is 3.56. The largest absolute Gasteiger partial charge is 0.271 e. The van der Waals surface area contributed by atoms with Gasteiger partial charge in [0.1, 0.15) is 0 Å². The lowest BCUT2D eigenvalue weighted by atomic mass is 10.2. The maximum Gasteiger partial charge on any atom is 0.0562 e. The Morgan fingerprint density at radius 3 is 2.82 bits per heavy atom. The van der Waals surface area contributed by atoms with Gasteiger partial charge in [0, 0.05) is 15.1 Å². The minimum absolute atomic E-state index is 0.193. The molecule has 0 bridgehead atoms. The van der Waals surface area contributed by atoms with Gasteiger partial charge in [-0.25, -0.2) is 0 Å². The minimum Gasteiger partial charge on any atom is -0.271 e. The molecule has 2 rings (SSSR count). The Morgan fingerprint density at radius 1 is 1.35 bits per heavy atom. The van der Waals surface area contributed by atoms with Gasteiger partial charge in [0.25, 0.3) is 0 Å². The standard InChI is InChI=1S/C12H13BrN2S2/c13-10-3-1-2-4-12(10)17-8-11(15-14)9-5-6-16-7-9/h1-7,11,15H,8,14H2. The van der Waals surface area contributed by atoms with Gasteiger partial charge in [-0.3, -0.25) is 11.3 Å². The molecule has 3 N–H and O–H groups in total. The van der Waals surface area contributed by atoms with E-state index in [4.69, 9.17) is 5.84 Å². The zero-order chi connectivity index (χ0) is 12.1. The van der Waals surface area contributed by atoms with Crippen LogP contribution in [0.2, 0.25) is 0 Å². The van der Waals surface area contributed by atoms with Crippen LogP contribution in [0.3, 0.4) is 0 Å². The Morgan fingerprint density at radius 2 is 2.18 bits per heavy atom. The van der Waals surface area contributed by atoms with Crippen LogP contribution >= 0.6 is 39.0 Å². The molecule has 90 valence electrons. The SMILES string of the molecule is NNC(CSc1ccccc1Br)c1ccsc1. The molecule has 0 radical (unpaired) electrons. The van der Waals surface area contributed by atoms with Crippen molar-refractivity contribution in [3.05, 3.63) is 51.1 Å². The summed E-state index contributed by atoms with van der Waals surface area (Å²) < 4.78 is 1.13. The van der Waals surface area contributed by atoms with Crippen LogP contribution in [0.1, 0.15) is 11.6 Å². The van der Waals surface area contributed by atoms with E-state index in [0.29, 0.717) is 0 Å². The highest BCUT2D eigenvalue weighted by Crippen LogP contribution is 2.30. The van der Waals surface area contributed by atoms with Crippen LogP contribution in [0.4, 0.5) is 0 Å². The number of benzene rings is 1. The van der Waals surface area contributed by atoms with Gasteiger partial charge in [-0.15, -0.1) is 11.8 Å². The molecule has 5 heteroatoms. The molecule has 0 fully saturated rings. The van der Waals surface area contributed by atoms with E-state index in [-0.39, 0.29) is 6.04 Å². The fourth-order valence-corrected chi connectivity index (χ4v) is 3.81. The van der Waals surface area contributed by atoms with Crippen molar-refractivity contribution in [2.45, 2.75) is 10.9 Å². The lowest BCUT2D eigenvalue weighted by Crippen LogP contribution is -2.29. The molecular formula is C12H13BrN2S2. The molecule has 0 aliphatic rings. The van der Waals surface area contributed by atoms with Gasteiger partial charge in [0.15, 0.2) is 0 Å². The molecule has 0 spiro atoms. The molecule has 2 nitrogen and oxygen atoms in total. The van der Waals surface area contributed by atoms with Crippen LogP contribution in [0.5, 0.6) is 0 Å². The van der Waals surface area contributed by atoms with E-state index in [1.165, 1.54) is 10.5 Å². The minimum atomic E-state index is 0.193. The van der Waals surface area contributed by atoms with Gasteiger partial charge < -0.3 is 0 Å². The van der Waals surface area contributed by atoms with Crippen molar-refractivity contribution in [1.82, 2.24) is 5.43 Å². The first-order valence-electron chi connectivity index (χ1n) is 5.17. The van der Waals surface area contributed by atoms with E-state index < -0.39 is 0 Å². The van der Waals surface area contributed by atoms with Crippen LogP contribution in [-0.4, -0.2) is 5.75 Å². The Kier molecular flexibility index (Phi) is 5.06. The van der Waals surface area contributed by atoms with Crippen molar-refractivity contribution in [3.63, 3.8) is 0 Å². The lowest BCUT2D eigenvalue weighted by molar-refractivity contribution is 0.612. The summed E-state index contributed by atoms with van der Waals surface area (Å²) in [4.78, 5) is 1.24. The highest BCUT2D eigenvalue weighted by atomic mass is 79.9. The predicted octanol–water partition coefficient (Wildman–Crippen LogP) is 3.81. The molecule has 0 saturated carbocycles. The topological polar surface area (TPSA) is 38.0 Å². The van der Waals surface area contributed by atoms with Crippen LogP contribution in [0.25, 0.3) is 0 Å². The van der Waals surface area contributed by atoms with E-state index in [1.807, 2.05) is 12.1 Å². The first kappa shape index (κ1) is 13.1. The summed E-state index contributed by atoms with van der Waals surface area (Å²) in [6.07, 6.45) is 0.